The van der Waals surface area contributed by atoms with Crippen LogP contribution in [-0.4, -0.2) is 50.7 Å². The maximum Gasteiger partial charge on any atom is 0.324 e. The molecule has 0 radical (unpaired) electrons. The Bertz CT molecular complexity index is 901. The lowest BCUT2D eigenvalue weighted by molar-refractivity contribution is 0.202. The standard InChI is InChI=1S/C13H15ClN6O5S/c1-23-12-16-11(17-13(18-12)24-2)20(25-3)10(15)19-26(21,22)9-7-5-4-6-8(9)14/h4-7H,1-3H3,(H2,15,19). The van der Waals surface area contributed by atoms with E-state index in [1.165, 1.54) is 39.5 Å². The van der Waals surface area contributed by atoms with E-state index < -0.39 is 16.0 Å². The van der Waals surface area contributed by atoms with Gasteiger partial charge in [0.2, 0.25) is 5.96 Å². The molecule has 2 rings (SSSR count). The fourth-order valence-corrected chi connectivity index (χ4v) is 3.15. The van der Waals surface area contributed by atoms with Gasteiger partial charge in [0.25, 0.3) is 16.0 Å². The molecule has 1 heterocycles. The summed E-state index contributed by atoms with van der Waals surface area (Å²) in [6.45, 7) is 0. The first-order valence-electron chi connectivity index (χ1n) is 6.85. The Labute approximate surface area is 154 Å². The van der Waals surface area contributed by atoms with Gasteiger partial charge in [-0.05, 0) is 12.1 Å². The van der Waals surface area contributed by atoms with Crippen LogP contribution < -0.4 is 20.3 Å². The lowest BCUT2D eigenvalue weighted by Crippen LogP contribution is -2.38. The van der Waals surface area contributed by atoms with Crippen molar-refractivity contribution < 1.29 is 22.7 Å². The monoisotopic (exact) mass is 402 g/mol. The number of hydrogen-bond acceptors (Lipinski definition) is 8. The zero-order chi connectivity index (χ0) is 19.3. The zero-order valence-corrected chi connectivity index (χ0v) is 15.5. The Hall–Kier alpha value is -2.70. The van der Waals surface area contributed by atoms with Gasteiger partial charge in [0.05, 0.1) is 26.4 Å². The highest BCUT2D eigenvalue weighted by Crippen LogP contribution is 2.23. The molecule has 0 aliphatic heterocycles. The van der Waals surface area contributed by atoms with Crippen molar-refractivity contribution in [2.24, 2.45) is 10.1 Å². The first kappa shape index (κ1) is 19.6. The average Bonchev–Trinajstić information content (AvgIpc) is 2.61. The molecule has 0 aliphatic rings. The van der Waals surface area contributed by atoms with Gasteiger partial charge in [0, 0.05) is 0 Å². The smallest absolute Gasteiger partial charge is 0.324 e. The minimum Gasteiger partial charge on any atom is -0.467 e. The second kappa shape index (κ2) is 8.12. The van der Waals surface area contributed by atoms with Gasteiger partial charge < -0.3 is 15.2 Å². The van der Waals surface area contributed by atoms with Gasteiger partial charge in [-0.3, -0.25) is 4.84 Å². The molecule has 0 fully saturated rings. The summed E-state index contributed by atoms with van der Waals surface area (Å²) in [5.74, 6) is -0.769. The van der Waals surface area contributed by atoms with E-state index in [2.05, 4.69) is 19.3 Å². The van der Waals surface area contributed by atoms with Crippen molar-refractivity contribution in [3.63, 3.8) is 0 Å². The highest BCUT2D eigenvalue weighted by atomic mass is 35.5. The quantitative estimate of drug-likeness (QED) is 0.414. The molecule has 0 aliphatic carbocycles. The van der Waals surface area contributed by atoms with Gasteiger partial charge in [-0.1, -0.05) is 23.7 Å². The van der Waals surface area contributed by atoms with Crippen molar-refractivity contribution in [2.75, 3.05) is 26.4 Å². The number of guanidine groups is 1. The Balaban J connectivity index is 2.47. The fourth-order valence-electron chi connectivity index (χ4n) is 1.74. The Morgan fingerprint density at radius 3 is 2.19 bits per heavy atom. The predicted molar refractivity (Wildman–Crippen MR) is 92.7 cm³/mol. The second-order valence-electron chi connectivity index (χ2n) is 4.44. The van der Waals surface area contributed by atoms with E-state index in [-0.39, 0.29) is 27.9 Å². The van der Waals surface area contributed by atoms with Crippen LogP contribution in [-0.2, 0) is 14.9 Å². The predicted octanol–water partition coefficient (Wildman–Crippen LogP) is 0.614. The Morgan fingerprint density at radius 2 is 1.69 bits per heavy atom. The van der Waals surface area contributed by atoms with Crippen LogP contribution in [0.15, 0.2) is 33.6 Å². The summed E-state index contributed by atoms with van der Waals surface area (Å²) >= 11 is 5.90. The molecule has 140 valence electrons. The Morgan fingerprint density at radius 1 is 1.12 bits per heavy atom. The van der Waals surface area contributed by atoms with Gasteiger partial charge in [0.15, 0.2) is 0 Å². The zero-order valence-electron chi connectivity index (χ0n) is 14.0. The van der Waals surface area contributed by atoms with Crippen LogP contribution in [0.3, 0.4) is 0 Å². The van der Waals surface area contributed by atoms with Crippen LogP contribution in [0.5, 0.6) is 12.0 Å². The maximum atomic E-state index is 12.4. The summed E-state index contributed by atoms with van der Waals surface area (Å²) < 4.78 is 38.2. The SMILES string of the molecule is COc1nc(OC)nc(N(OC)C(N)=NS(=O)(=O)c2ccccc2Cl)n1. The van der Waals surface area contributed by atoms with Gasteiger partial charge in [-0.25, -0.2) is 0 Å². The topological polar surface area (TPSA) is 142 Å². The molecule has 0 saturated heterocycles. The summed E-state index contributed by atoms with van der Waals surface area (Å²) in [4.78, 5) is 16.4. The summed E-state index contributed by atoms with van der Waals surface area (Å²) in [5, 5.41) is 0.762. The van der Waals surface area contributed by atoms with E-state index in [1.807, 2.05) is 0 Å². The van der Waals surface area contributed by atoms with Crippen molar-refractivity contribution in [2.45, 2.75) is 4.90 Å². The van der Waals surface area contributed by atoms with Gasteiger partial charge in [-0.15, -0.1) is 9.38 Å². The van der Waals surface area contributed by atoms with Gasteiger partial charge in [-0.2, -0.15) is 23.4 Å². The summed E-state index contributed by atoms with van der Waals surface area (Å²) in [6.07, 6.45) is 0. The first-order chi connectivity index (χ1) is 12.3. The number of aromatic nitrogens is 3. The van der Waals surface area contributed by atoms with Gasteiger partial charge >= 0.3 is 12.0 Å². The molecular weight excluding hydrogens is 388 g/mol. The molecule has 0 amide bonds. The Kier molecular flexibility index (Phi) is 6.13. The van der Waals surface area contributed by atoms with Crippen molar-refractivity contribution >= 4 is 33.5 Å². The van der Waals surface area contributed by atoms with E-state index in [0.29, 0.717) is 0 Å². The number of halogens is 1. The lowest BCUT2D eigenvalue weighted by Gasteiger charge is -2.18. The van der Waals surface area contributed by atoms with Crippen molar-refractivity contribution in [3.8, 4) is 12.0 Å². The maximum absolute atomic E-state index is 12.4. The highest BCUT2D eigenvalue weighted by Gasteiger charge is 2.23. The number of rotatable bonds is 6. The lowest BCUT2D eigenvalue weighted by atomic mass is 10.4. The third kappa shape index (κ3) is 4.28. The molecule has 0 unspecified atom stereocenters. The largest absolute Gasteiger partial charge is 0.467 e. The normalized spacial score (nSPS) is 11.9. The first-order valence-corrected chi connectivity index (χ1v) is 8.67. The summed E-state index contributed by atoms with van der Waals surface area (Å²) in [7, 11) is -0.337. The van der Waals surface area contributed by atoms with Crippen molar-refractivity contribution in [3.05, 3.63) is 29.3 Å². The minimum absolute atomic E-state index is 0.00323. The van der Waals surface area contributed by atoms with Crippen molar-refractivity contribution in [1.29, 1.82) is 0 Å². The third-order valence-corrected chi connectivity index (χ3v) is 4.63. The number of hydrogen-bond donors (Lipinski definition) is 1. The molecule has 13 heteroatoms. The minimum atomic E-state index is -4.21. The van der Waals surface area contributed by atoms with Crippen LogP contribution in [0.4, 0.5) is 5.95 Å². The van der Waals surface area contributed by atoms with Crippen LogP contribution in [0.2, 0.25) is 5.02 Å². The number of benzene rings is 1. The molecular formula is C13H15ClN6O5S. The van der Waals surface area contributed by atoms with Crippen LogP contribution in [0, 0.1) is 0 Å². The second-order valence-corrected chi connectivity index (χ2v) is 6.42. The molecule has 0 spiro atoms. The molecule has 0 saturated carbocycles. The number of sulfonamides is 1. The number of hydroxylamine groups is 1. The van der Waals surface area contributed by atoms with Gasteiger partial charge in [0.1, 0.15) is 4.90 Å². The fraction of sp³-hybridized carbons (Fsp3) is 0.231. The summed E-state index contributed by atoms with van der Waals surface area (Å²) in [6, 6.07) is 5.59. The number of anilines is 1. The van der Waals surface area contributed by atoms with E-state index in [9.17, 15) is 8.42 Å². The molecule has 0 bridgehead atoms. The van der Waals surface area contributed by atoms with Crippen molar-refractivity contribution in [1.82, 2.24) is 15.0 Å². The molecule has 11 nitrogen and oxygen atoms in total. The average molecular weight is 403 g/mol. The number of nitrogens with zero attached hydrogens (tertiary/aromatic N) is 5. The molecule has 0 atom stereocenters. The number of nitrogens with two attached hydrogens (primary N) is 1. The van der Waals surface area contributed by atoms with E-state index in [4.69, 9.17) is 31.6 Å². The van der Waals surface area contributed by atoms with E-state index in [1.54, 1.807) is 6.07 Å². The van der Waals surface area contributed by atoms with Crippen LogP contribution >= 0.6 is 11.6 Å². The highest BCUT2D eigenvalue weighted by molar-refractivity contribution is 7.90. The number of ether oxygens (including phenoxy) is 2. The molecule has 1 aromatic carbocycles. The van der Waals surface area contributed by atoms with Crippen LogP contribution in [0.25, 0.3) is 0 Å². The van der Waals surface area contributed by atoms with E-state index in [0.717, 1.165) is 5.06 Å². The molecule has 2 N–H and O–H groups in total. The van der Waals surface area contributed by atoms with Crippen LogP contribution in [0.1, 0.15) is 0 Å². The number of methoxy groups -OCH3 is 2. The molecule has 26 heavy (non-hydrogen) atoms. The van der Waals surface area contributed by atoms with E-state index >= 15 is 0 Å². The molecule has 2 aromatic rings. The summed E-state index contributed by atoms with van der Waals surface area (Å²) in [5.41, 5.74) is 5.76. The third-order valence-electron chi connectivity index (χ3n) is 2.85. The molecule has 1 aromatic heterocycles.